The lowest BCUT2D eigenvalue weighted by Crippen LogP contribution is -2.38. The Morgan fingerprint density at radius 2 is 1.72 bits per heavy atom. The highest BCUT2D eigenvalue weighted by Crippen LogP contribution is 2.24. The van der Waals surface area contributed by atoms with Gasteiger partial charge in [0.15, 0.2) is 11.6 Å². The molecule has 1 aliphatic rings. The maximum atomic E-state index is 12.8. The minimum Gasteiger partial charge on any atom is -0.465 e. The summed E-state index contributed by atoms with van der Waals surface area (Å²) < 4.78 is 6.57. The molecule has 1 aromatic carbocycles. The van der Waals surface area contributed by atoms with Crippen molar-refractivity contribution in [2.24, 2.45) is 5.92 Å². The number of esters is 1. The van der Waals surface area contributed by atoms with Gasteiger partial charge in [-0.15, -0.1) is 10.2 Å². The zero-order valence-corrected chi connectivity index (χ0v) is 18.4. The van der Waals surface area contributed by atoms with Gasteiger partial charge in [-0.1, -0.05) is 12.1 Å². The molecular weight excluding hydrogens is 408 g/mol. The second-order valence-electron chi connectivity index (χ2n) is 7.88. The molecule has 1 fully saturated rings. The van der Waals surface area contributed by atoms with Crippen molar-refractivity contribution in [3.05, 3.63) is 59.4 Å². The van der Waals surface area contributed by atoms with Crippen molar-refractivity contribution in [3.63, 3.8) is 0 Å². The van der Waals surface area contributed by atoms with Crippen LogP contribution in [0, 0.1) is 19.8 Å². The first-order chi connectivity index (χ1) is 15.5. The molecule has 32 heavy (non-hydrogen) atoms. The SMILES string of the molecule is COC(=O)c1ccccc1NC(=O)C1CCN(c2ccc(-n3nc(C)cc3C)nn2)CC1. The Balaban J connectivity index is 1.37. The number of ether oxygens (including phenoxy) is 1. The molecule has 0 bridgehead atoms. The fourth-order valence-corrected chi connectivity index (χ4v) is 3.95. The lowest BCUT2D eigenvalue weighted by molar-refractivity contribution is -0.120. The Bertz CT molecular complexity index is 1120. The van der Waals surface area contributed by atoms with Crippen LogP contribution < -0.4 is 10.2 Å². The highest BCUT2D eigenvalue weighted by molar-refractivity contribution is 6.01. The van der Waals surface area contributed by atoms with E-state index < -0.39 is 5.97 Å². The van der Waals surface area contributed by atoms with Crippen LogP contribution in [0.25, 0.3) is 5.82 Å². The number of rotatable bonds is 5. The molecule has 0 saturated carbocycles. The summed E-state index contributed by atoms with van der Waals surface area (Å²) in [6.45, 7) is 5.32. The number of carbonyl (C=O) groups is 2. The van der Waals surface area contributed by atoms with Crippen LogP contribution in [0.3, 0.4) is 0 Å². The van der Waals surface area contributed by atoms with Gasteiger partial charge in [0.2, 0.25) is 5.91 Å². The number of nitrogens with one attached hydrogen (secondary N) is 1. The number of aromatic nitrogens is 4. The fourth-order valence-electron chi connectivity index (χ4n) is 3.95. The summed E-state index contributed by atoms with van der Waals surface area (Å²) in [4.78, 5) is 26.8. The highest BCUT2D eigenvalue weighted by Gasteiger charge is 2.27. The van der Waals surface area contributed by atoms with E-state index in [0.717, 1.165) is 17.2 Å². The van der Waals surface area contributed by atoms with Gasteiger partial charge in [0.05, 0.1) is 24.1 Å². The molecule has 0 aliphatic carbocycles. The standard InChI is InChI=1S/C23H26N6O3/c1-15-14-16(2)29(27-15)21-9-8-20(25-26-21)28-12-10-17(11-13-28)22(30)24-19-7-5-4-6-18(19)23(31)32-3/h4-9,14,17H,10-13H2,1-3H3,(H,24,30). The van der Waals surface area contributed by atoms with Gasteiger partial charge in [-0.05, 0) is 57.0 Å². The van der Waals surface area contributed by atoms with Gasteiger partial charge in [0.1, 0.15) is 0 Å². The molecular formula is C23H26N6O3. The number of carbonyl (C=O) groups excluding carboxylic acids is 2. The summed E-state index contributed by atoms with van der Waals surface area (Å²) in [6, 6.07) is 12.7. The average Bonchev–Trinajstić information content (AvgIpc) is 3.17. The van der Waals surface area contributed by atoms with E-state index in [-0.39, 0.29) is 11.8 Å². The summed E-state index contributed by atoms with van der Waals surface area (Å²) in [6.07, 6.45) is 1.38. The number of nitrogens with zero attached hydrogens (tertiary/aromatic N) is 5. The monoisotopic (exact) mass is 434 g/mol. The molecule has 166 valence electrons. The quantitative estimate of drug-likeness (QED) is 0.616. The van der Waals surface area contributed by atoms with Crippen molar-refractivity contribution in [2.45, 2.75) is 26.7 Å². The van der Waals surface area contributed by atoms with Gasteiger partial charge in [0, 0.05) is 24.7 Å². The van der Waals surface area contributed by atoms with Crippen molar-refractivity contribution < 1.29 is 14.3 Å². The molecule has 1 N–H and O–H groups in total. The van der Waals surface area contributed by atoms with E-state index in [1.54, 1.807) is 28.9 Å². The van der Waals surface area contributed by atoms with Crippen molar-refractivity contribution in [1.82, 2.24) is 20.0 Å². The number of anilines is 2. The van der Waals surface area contributed by atoms with Gasteiger partial charge in [-0.25, -0.2) is 9.48 Å². The normalized spacial score (nSPS) is 14.3. The smallest absolute Gasteiger partial charge is 0.339 e. The maximum Gasteiger partial charge on any atom is 0.339 e. The minimum absolute atomic E-state index is 0.0908. The van der Waals surface area contributed by atoms with Crippen LogP contribution >= 0.6 is 0 Å². The number of methoxy groups -OCH3 is 1. The van der Waals surface area contributed by atoms with Crippen molar-refractivity contribution in [1.29, 1.82) is 0 Å². The Labute approximate surface area is 186 Å². The third-order valence-corrected chi connectivity index (χ3v) is 5.64. The summed E-state index contributed by atoms with van der Waals surface area (Å²) in [5, 5.41) is 16.0. The molecule has 9 nitrogen and oxygen atoms in total. The van der Waals surface area contributed by atoms with Crippen molar-refractivity contribution in [3.8, 4) is 5.82 Å². The van der Waals surface area contributed by atoms with Gasteiger partial charge in [-0.2, -0.15) is 5.10 Å². The van der Waals surface area contributed by atoms with E-state index >= 15 is 0 Å². The summed E-state index contributed by atoms with van der Waals surface area (Å²) >= 11 is 0. The number of para-hydroxylation sites is 1. The largest absolute Gasteiger partial charge is 0.465 e. The van der Waals surface area contributed by atoms with Crippen molar-refractivity contribution in [2.75, 3.05) is 30.4 Å². The van der Waals surface area contributed by atoms with Gasteiger partial charge in [0.25, 0.3) is 0 Å². The predicted octanol–water partition coefficient (Wildman–Crippen LogP) is 2.92. The first-order valence-electron chi connectivity index (χ1n) is 10.6. The van der Waals surface area contributed by atoms with Gasteiger partial charge >= 0.3 is 5.97 Å². The third-order valence-electron chi connectivity index (χ3n) is 5.64. The van der Waals surface area contributed by atoms with E-state index in [9.17, 15) is 9.59 Å². The van der Waals surface area contributed by atoms with E-state index in [1.807, 2.05) is 32.0 Å². The number of aryl methyl sites for hydroxylation is 2. The third kappa shape index (κ3) is 4.46. The lowest BCUT2D eigenvalue weighted by Gasteiger charge is -2.31. The Morgan fingerprint density at radius 1 is 1.03 bits per heavy atom. The zero-order valence-electron chi connectivity index (χ0n) is 18.4. The summed E-state index contributed by atoms with van der Waals surface area (Å²) in [7, 11) is 1.32. The molecule has 3 aromatic rings. The molecule has 4 rings (SSSR count). The predicted molar refractivity (Wildman–Crippen MR) is 120 cm³/mol. The summed E-state index contributed by atoms with van der Waals surface area (Å²) in [5.74, 6) is 0.757. The topological polar surface area (TPSA) is 102 Å². The first kappa shape index (κ1) is 21.5. The van der Waals surface area contributed by atoms with Crippen LogP contribution in [0.4, 0.5) is 11.5 Å². The molecule has 0 unspecified atom stereocenters. The van der Waals surface area contributed by atoms with E-state index in [1.165, 1.54) is 7.11 Å². The molecule has 0 spiro atoms. The number of benzene rings is 1. The van der Waals surface area contributed by atoms with E-state index in [4.69, 9.17) is 4.74 Å². The van der Waals surface area contributed by atoms with Crippen LogP contribution in [0.5, 0.6) is 0 Å². The van der Waals surface area contributed by atoms with Crippen molar-refractivity contribution >= 4 is 23.4 Å². The second kappa shape index (κ2) is 9.17. The number of amides is 1. The number of hydrogen-bond donors (Lipinski definition) is 1. The van der Waals surface area contributed by atoms with Crippen LogP contribution in [0.15, 0.2) is 42.5 Å². The molecule has 1 saturated heterocycles. The van der Waals surface area contributed by atoms with Crippen LogP contribution in [0.1, 0.15) is 34.6 Å². The van der Waals surface area contributed by atoms with Crippen LogP contribution in [-0.4, -0.2) is 52.1 Å². The first-order valence-corrected chi connectivity index (χ1v) is 10.6. The molecule has 2 aromatic heterocycles. The Hall–Kier alpha value is -3.75. The molecule has 0 radical (unpaired) electrons. The number of hydrogen-bond acceptors (Lipinski definition) is 7. The molecule has 9 heteroatoms. The highest BCUT2D eigenvalue weighted by atomic mass is 16.5. The Kier molecular flexibility index (Phi) is 6.16. The minimum atomic E-state index is -0.474. The maximum absolute atomic E-state index is 12.8. The molecule has 0 atom stereocenters. The van der Waals surface area contributed by atoms with E-state index in [2.05, 4.69) is 25.5 Å². The zero-order chi connectivity index (χ0) is 22.7. The van der Waals surface area contributed by atoms with Gasteiger partial charge in [-0.3, -0.25) is 4.79 Å². The van der Waals surface area contributed by atoms with Crippen LogP contribution in [-0.2, 0) is 9.53 Å². The van der Waals surface area contributed by atoms with E-state index in [0.29, 0.717) is 43.0 Å². The van der Waals surface area contributed by atoms with Crippen LogP contribution in [0.2, 0.25) is 0 Å². The lowest BCUT2D eigenvalue weighted by atomic mass is 9.95. The molecule has 3 heterocycles. The fraction of sp³-hybridized carbons (Fsp3) is 0.348. The van der Waals surface area contributed by atoms with Gasteiger partial charge < -0.3 is 15.0 Å². The second-order valence-corrected chi connectivity index (χ2v) is 7.88. The summed E-state index contributed by atoms with van der Waals surface area (Å²) in [5.41, 5.74) is 2.75. The number of piperidine rings is 1. The molecule has 1 amide bonds. The molecule has 1 aliphatic heterocycles. The average molecular weight is 435 g/mol. The Morgan fingerprint density at radius 3 is 2.34 bits per heavy atom.